The number of benzene rings is 1. The van der Waals surface area contributed by atoms with Crippen LogP contribution >= 0.6 is 0 Å². The molecule has 1 unspecified atom stereocenters. The van der Waals surface area contributed by atoms with E-state index in [0.717, 1.165) is 25.8 Å². The van der Waals surface area contributed by atoms with E-state index in [1.54, 1.807) is 0 Å². The van der Waals surface area contributed by atoms with Crippen LogP contribution in [-0.2, 0) is 17.8 Å². The molecule has 0 bridgehead atoms. The molecule has 4 nitrogen and oxygen atoms in total. The van der Waals surface area contributed by atoms with Crippen molar-refractivity contribution in [3.05, 3.63) is 35.5 Å². The Labute approximate surface area is 140 Å². The van der Waals surface area contributed by atoms with Crippen molar-refractivity contribution >= 4 is 16.8 Å². The zero-order chi connectivity index (χ0) is 17.4. The van der Waals surface area contributed by atoms with Crippen molar-refractivity contribution in [2.24, 2.45) is 5.84 Å². The summed E-state index contributed by atoms with van der Waals surface area (Å²) >= 11 is 0. The number of hydrazine groups is 1. The summed E-state index contributed by atoms with van der Waals surface area (Å²) in [6.07, 6.45) is 2.97. The van der Waals surface area contributed by atoms with Gasteiger partial charge in [-0.1, -0.05) is 45.9 Å². The van der Waals surface area contributed by atoms with Crippen LogP contribution in [-0.4, -0.2) is 10.5 Å². The number of nitrogens with two attached hydrogens (primary N) is 1. The van der Waals surface area contributed by atoms with E-state index in [9.17, 15) is 4.79 Å². The van der Waals surface area contributed by atoms with Gasteiger partial charge in [0.05, 0.1) is 5.92 Å². The fraction of sp³-hybridized carbons (Fsp3) is 0.526. The van der Waals surface area contributed by atoms with Crippen molar-refractivity contribution < 1.29 is 4.79 Å². The third kappa shape index (κ3) is 3.58. The number of carbonyl (C=O) groups excluding carboxylic acids is 1. The van der Waals surface area contributed by atoms with Crippen LogP contribution in [0.1, 0.15) is 64.6 Å². The van der Waals surface area contributed by atoms with Gasteiger partial charge in [-0.2, -0.15) is 0 Å². The largest absolute Gasteiger partial charge is 0.345 e. The van der Waals surface area contributed by atoms with Crippen molar-refractivity contribution in [3.8, 4) is 0 Å². The summed E-state index contributed by atoms with van der Waals surface area (Å²) in [6.45, 7) is 11.1. The molecule has 1 aliphatic carbocycles. The molecule has 0 fully saturated rings. The summed E-state index contributed by atoms with van der Waals surface area (Å²) in [6, 6.07) is 8.34. The van der Waals surface area contributed by atoms with Gasteiger partial charge in [0, 0.05) is 23.1 Å². The number of para-hydroxylation sites is 1. The minimum Gasteiger partial charge on any atom is -0.345 e. The Balaban J connectivity index is 0.000000615. The molecule has 128 valence electrons. The van der Waals surface area contributed by atoms with E-state index in [2.05, 4.69) is 35.1 Å². The maximum Gasteiger partial charge on any atom is 0.241 e. The first-order valence-electron chi connectivity index (χ1n) is 8.88. The fourth-order valence-electron chi connectivity index (χ4n) is 3.38. The topological polar surface area (TPSA) is 60.0 Å². The zero-order valence-corrected chi connectivity index (χ0v) is 15.1. The predicted octanol–water partition coefficient (Wildman–Crippen LogP) is 4.12. The van der Waals surface area contributed by atoms with Crippen molar-refractivity contribution in [2.45, 2.75) is 66.3 Å². The van der Waals surface area contributed by atoms with Gasteiger partial charge >= 0.3 is 0 Å². The first-order valence-corrected chi connectivity index (χ1v) is 8.88. The highest BCUT2D eigenvalue weighted by Crippen LogP contribution is 2.39. The SMILES string of the molecule is CC.CC.CCn1c2c(c3ccccc31)C(C(=O)NN)CCC2. The number of fused-ring (bicyclic) bond motifs is 3. The molecule has 0 aliphatic heterocycles. The standard InChI is InChI=1S/C15H19N3O.2C2H6/c1-2-18-12-8-4-3-6-10(12)14-11(15(19)17-16)7-5-9-13(14)18;2*1-2/h3-4,6,8,11H,2,5,7,9,16H2,1H3,(H,17,19);2*1-2H3. The molecule has 0 radical (unpaired) electrons. The minimum absolute atomic E-state index is 0.0695. The number of nitrogens with one attached hydrogen (secondary N) is 1. The van der Waals surface area contributed by atoms with Gasteiger partial charge in [-0.3, -0.25) is 10.2 Å². The van der Waals surface area contributed by atoms with Crippen LogP contribution in [0.25, 0.3) is 10.9 Å². The monoisotopic (exact) mass is 317 g/mol. The number of aromatic nitrogens is 1. The Bertz CT molecular complexity index is 631. The number of aryl methyl sites for hydroxylation is 1. The summed E-state index contributed by atoms with van der Waals surface area (Å²) in [5.74, 6) is 5.16. The van der Waals surface area contributed by atoms with Crippen LogP contribution in [0.15, 0.2) is 24.3 Å². The second-order valence-corrected chi connectivity index (χ2v) is 5.08. The highest BCUT2D eigenvalue weighted by atomic mass is 16.2. The third-order valence-electron chi connectivity index (χ3n) is 4.15. The Morgan fingerprint density at radius 1 is 1.26 bits per heavy atom. The highest BCUT2D eigenvalue weighted by Gasteiger charge is 2.31. The molecule has 4 heteroatoms. The summed E-state index contributed by atoms with van der Waals surface area (Å²) in [7, 11) is 0. The number of hydrogen-bond acceptors (Lipinski definition) is 2. The molecule has 3 N–H and O–H groups in total. The molecule has 2 aromatic rings. The molecule has 1 atom stereocenters. The number of rotatable bonds is 2. The Morgan fingerprint density at radius 3 is 2.52 bits per heavy atom. The average Bonchev–Trinajstić information content (AvgIpc) is 2.98. The lowest BCUT2D eigenvalue weighted by Gasteiger charge is -2.22. The van der Waals surface area contributed by atoms with Gasteiger partial charge in [0.15, 0.2) is 0 Å². The Morgan fingerprint density at radius 2 is 1.91 bits per heavy atom. The van der Waals surface area contributed by atoms with Gasteiger partial charge in [-0.25, -0.2) is 5.84 Å². The average molecular weight is 317 g/mol. The molecule has 1 amide bonds. The number of nitrogens with zero attached hydrogens (tertiary/aromatic N) is 1. The summed E-state index contributed by atoms with van der Waals surface area (Å²) in [4.78, 5) is 12.0. The summed E-state index contributed by atoms with van der Waals surface area (Å²) in [5, 5.41) is 1.20. The lowest BCUT2D eigenvalue weighted by atomic mass is 9.84. The Hall–Kier alpha value is -1.81. The quantitative estimate of drug-likeness (QED) is 0.497. The van der Waals surface area contributed by atoms with Crippen LogP contribution in [0.3, 0.4) is 0 Å². The lowest BCUT2D eigenvalue weighted by molar-refractivity contribution is -0.122. The van der Waals surface area contributed by atoms with Gasteiger partial charge in [-0.15, -0.1) is 0 Å². The van der Waals surface area contributed by atoms with Gasteiger partial charge in [0.1, 0.15) is 0 Å². The molecule has 1 aromatic heterocycles. The summed E-state index contributed by atoms with van der Waals surface area (Å²) in [5.41, 5.74) is 6.04. The van der Waals surface area contributed by atoms with Crippen molar-refractivity contribution in [3.63, 3.8) is 0 Å². The third-order valence-corrected chi connectivity index (χ3v) is 4.15. The highest BCUT2D eigenvalue weighted by molar-refractivity contribution is 5.93. The molecular formula is C19H31N3O. The maximum absolute atomic E-state index is 12.0. The van der Waals surface area contributed by atoms with E-state index < -0.39 is 0 Å². The van der Waals surface area contributed by atoms with Crippen LogP contribution in [0.5, 0.6) is 0 Å². The number of amides is 1. The lowest BCUT2D eigenvalue weighted by Crippen LogP contribution is -2.36. The Kier molecular flexibility index (Phi) is 7.83. The van der Waals surface area contributed by atoms with Crippen molar-refractivity contribution in [1.29, 1.82) is 0 Å². The molecule has 0 spiro atoms. The van der Waals surface area contributed by atoms with Gasteiger partial charge in [0.25, 0.3) is 0 Å². The predicted molar refractivity (Wildman–Crippen MR) is 98.3 cm³/mol. The van der Waals surface area contributed by atoms with Crippen molar-refractivity contribution in [2.75, 3.05) is 0 Å². The molecule has 1 heterocycles. The molecule has 0 saturated carbocycles. The first kappa shape index (κ1) is 19.2. The van der Waals surface area contributed by atoms with E-state index in [4.69, 9.17) is 5.84 Å². The molecular weight excluding hydrogens is 286 g/mol. The number of carbonyl (C=O) groups is 1. The van der Waals surface area contributed by atoms with Crippen LogP contribution < -0.4 is 11.3 Å². The molecule has 3 rings (SSSR count). The maximum atomic E-state index is 12.0. The van der Waals surface area contributed by atoms with E-state index >= 15 is 0 Å². The second-order valence-electron chi connectivity index (χ2n) is 5.08. The molecule has 1 aromatic carbocycles. The second kappa shape index (κ2) is 9.36. The van der Waals surface area contributed by atoms with Crippen LogP contribution in [0, 0.1) is 0 Å². The van der Waals surface area contributed by atoms with Crippen molar-refractivity contribution in [1.82, 2.24) is 9.99 Å². The van der Waals surface area contributed by atoms with Crippen LogP contribution in [0.4, 0.5) is 0 Å². The van der Waals surface area contributed by atoms with E-state index in [0.29, 0.717) is 0 Å². The van der Waals surface area contributed by atoms with Gasteiger partial charge in [0.2, 0.25) is 5.91 Å². The van der Waals surface area contributed by atoms with Crippen LogP contribution in [0.2, 0.25) is 0 Å². The molecule has 0 saturated heterocycles. The van der Waals surface area contributed by atoms with E-state index in [1.165, 1.54) is 22.2 Å². The fourth-order valence-corrected chi connectivity index (χ4v) is 3.38. The smallest absolute Gasteiger partial charge is 0.241 e. The summed E-state index contributed by atoms with van der Waals surface area (Å²) < 4.78 is 2.33. The van der Waals surface area contributed by atoms with Gasteiger partial charge in [-0.05, 0) is 37.8 Å². The van der Waals surface area contributed by atoms with E-state index in [1.807, 2.05) is 33.8 Å². The molecule has 1 aliphatic rings. The normalized spacial score (nSPS) is 15.7. The molecule has 23 heavy (non-hydrogen) atoms. The number of hydrogen-bond donors (Lipinski definition) is 2. The minimum atomic E-state index is -0.105. The first-order chi connectivity index (χ1) is 11.3. The zero-order valence-electron chi connectivity index (χ0n) is 15.1. The van der Waals surface area contributed by atoms with Gasteiger partial charge < -0.3 is 4.57 Å². The van der Waals surface area contributed by atoms with E-state index in [-0.39, 0.29) is 11.8 Å².